The van der Waals surface area contributed by atoms with Crippen molar-refractivity contribution in [2.75, 3.05) is 13.7 Å². The standard InChI is InChI=1S/C18H18N8O.ClH/c1-27-17-3-2-13(24-11-21-22-12-24)9-16(17)25-6-5-20-18(25)15-8-14-10-19-4-7-26(14)23-15;/h2-3,5-6,8-9,11-12,19H,4,7,10H2,1H3;1H. The van der Waals surface area contributed by atoms with E-state index in [0.29, 0.717) is 0 Å². The molecule has 0 atom stereocenters. The number of methoxy groups -OCH3 is 1. The Kier molecular flexibility index (Phi) is 4.84. The third-order valence-electron chi connectivity index (χ3n) is 4.68. The van der Waals surface area contributed by atoms with E-state index in [1.807, 2.05) is 38.2 Å². The van der Waals surface area contributed by atoms with E-state index in [9.17, 15) is 0 Å². The van der Waals surface area contributed by atoms with Crippen LogP contribution in [0.2, 0.25) is 0 Å². The van der Waals surface area contributed by atoms with Crippen LogP contribution < -0.4 is 10.1 Å². The first kappa shape index (κ1) is 18.2. The van der Waals surface area contributed by atoms with Crippen molar-refractivity contribution in [2.45, 2.75) is 13.1 Å². The minimum absolute atomic E-state index is 0. The van der Waals surface area contributed by atoms with Gasteiger partial charge in [0.2, 0.25) is 0 Å². The second-order valence-electron chi connectivity index (χ2n) is 6.27. The van der Waals surface area contributed by atoms with Gasteiger partial charge in [0.05, 0.1) is 30.7 Å². The Morgan fingerprint density at radius 2 is 2.00 bits per heavy atom. The first-order valence-electron chi connectivity index (χ1n) is 8.68. The highest BCUT2D eigenvalue weighted by Crippen LogP contribution is 2.30. The van der Waals surface area contributed by atoms with E-state index < -0.39 is 0 Å². The lowest BCUT2D eigenvalue weighted by Crippen LogP contribution is -2.28. The first-order chi connectivity index (χ1) is 13.3. The maximum Gasteiger partial charge on any atom is 0.165 e. The molecule has 1 aliphatic heterocycles. The van der Waals surface area contributed by atoms with Gasteiger partial charge in [-0.2, -0.15) is 5.10 Å². The summed E-state index contributed by atoms with van der Waals surface area (Å²) in [5.41, 5.74) is 3.82. The fraction of sp³-hybridized carbons (Fsp3) is 0.222. The van der Waals surface area contributed by atoms with Crippen molar-refractivity contribution >= 4 is 12.4 Å². The summed E-state index contributed by atoms with van der Waals surface area (Å²) in [6.07, 6.45) is 7.02. The van der Waals surface area contributed by atoms with Crippen molar-refractivity contribution in [3.05, 3.63) is 55.0 Å². The van der Waals surface area contributed by atoms with Crippen LogP contribution in [0.1, 0.15) is 5.69 Å². The predicted molar refractivity (Wildman–Crippen MR) is 105 cm³/mol. The molecule has 0 spiro atoms. The van der Waals surface area contributed by atoms with E-state index in [4.69, 9.17) is 9.84 Å². The summed E-state index contributed by atoms with van der Waals surface area (Å²) in [6.45, 7) is 2.61. The van der Waals surface area contributed by atoms with Crippen LogP contribution >= 0.6 is 12.4 Å². The van der Waals surface area contributed by atoms with Crippen LogP contribution in [0.3, 0.4) is 0 Å². The van der Waals surface area contributed by atoms with Gasteiger partial charge < -0.3 is 10.1 Å². The Balaban J connectivity index is 0.00000192. The summed E-state index contributed by atoms with van der Waals surface area (Å²) in [7, 11) is 1.66. The predicted octanol–water partition coefficient (Wildman–Crippen LogP) is 1.85. The van der Waals surface area contributed by atoms with Crippen molar-refractivity contribution in [1.29, 1.82) is 0 Å². The summed E-state index contributed by atoms with van der Waals surface area (Å²) >= 11 is 0. The second kappa shape index (κ2) is 7.45. The molecule has 0 unspecified atom stereocenters. The Bertz CT molecular complexity index is 1060. The smallest absolute Gasteiger partial charge is 0.165 e. The molecule has 4 heterocycles. The van der Waals surface area contributed by atoms with Crippen LogP contribution in [0.15, 0.2) is 49.3 Å². The third kappa shape index (κ3) is 3.04. The molecule has 28 heavy (non-hydrogen) atoms. The molecule has 1 aliphatic rings. The van der Waals surface area contributed by atoms with E-state index in [-0.39, 0.29) is 12.4 Å². The molecule has 4 aromatic rings. The molecule has 0 amide bonds. The maximum atomic E-state index is 5.59. The molecule has 0 saturated heterocycles. The number of aromatic nitrogens is 7. The fourth-order valence-corrected chi connectivity index (χ4v) is 3.35. The molecule has 1 N–H and O–H groups in total. The van der Waals surface area contributed by atoms with Gasteiger partial charge in [0.25, 0.3) is 0 Å². The van der Waals surface area contributed by atoms with E-state index >= 15 is 0 Å². The lowest BCUT2D eigenvalue weighted by molar-refractivity contribution is 0.413. The van der Waals surface area contributed by atoms with E-state index in [0.717, 1.165) is 54.0 Å². The monoisotopic (exact) mass is 398 g/mol. The van der Waals surface area contributed by atoms with Crippen LogP contribution in [0.25, 0.3) is 22.9 Å². The molecule has 0 bridgehead atoms. The number of rotatable bonds is 4. The Hall–Kier alpha value is -3.17. The van der Waals surface area contributed by atoms with Gasteiger partial charge in [0.1, 0.15) is 24.1 Å². The summed E-state index contributed by atoms with van der Waals surface area (Å²) in [5, 5.41) is 15.9. The summed E-state index contributed by atoms with van der Waals surface area (Å²) in [4.78, 5) is 4.55. The van der Waals surface area contributed by atoms with E-state index in [2.05, 4.69) is 26.6 Å². The van der Waals surface area contributed by atoms with Gasteiger partial charge in [-0.3, -0.25) is 13.8 Å². The zero-order chi connectivity index (χ0) is 18.2. The SMILES string of the molecule is COc1ccc(-n2cnnc2)cc1-n1ccnc1-c1cc2n(n1)CCNC2.Cl. The van der Waals surface area contributed by atoms with Crippen LogP contribution in [-0.2, 0) is 13.1 Å². The average Bonchev–Trinajstić information content (AvgIpc) is 3.47. The van der Waals surface area contributed by atoms with Crippen LogP contribution in [0.4, 0.5) is 0 Å². The molecule has 0 radical (unpaired) electrons. The van der Waals surface area contributed by atoms with E-state index in [1.165, 1.54) is 0 Å². The van der Waals surface area contributed by atoms with Gasteiger partial charge in [-0.15, -0.1) is 22.6 Å². The topological polar surface area (TPSA) is 87.6 Å². The molecule has 0 saturated carbocycles. The Morgan fingerprint density at radius 1 is 1.14 bits per heavy atom. The lowest BCUT2D eigenvalue weighted by Gasteiger charge is -2.14. The number of hydrogen-bond donors (Lipinski definition) is 1. The maximum absolute atomic E-state index is 5.59. The van der Waals surface area contributed by atoms with Crippen LogP contribution in [0.5, 0.6) is 5.75 Å². The highest BCUT2D eigenvalue weighted by molar-refractivity contribution is 5.85. The normalized spacial score (nSPS) is 13.0. The molecule has 0 fully saturated rings. The molecule has 9 nitrogen and oxygen atoms in total. The number of benzene rings is 1. The Labute approximate surface area is 167 Å². The van der Waals surface area contributed by atoms with Gasteiger partial charge in [0.15, 0.2) is 5.82 Å². The van der Waals surface area contributed by atoms with Gasteiger partial charge in [-0.1, -0.05) is 0 Å². The highest BCUT2D eigenvalue weighted by atomic mass is 35.5. The second-order valence-corrected chi connectivity index (χ2v) is 6.27. The van der Waals surface area contributed by atoms with Crippen molar-refractivity contribution < 1.29 is 4.74 Å². The number of halogens is 1. The molecule has 5 rings (SSSR count). The third-order valence-corrected chi connectivity index (χ3v) is 4.68. The molecular weight excluding hydrogens is 380 g/mol. The number of imidazole rings is 1. The molecule has 1 aromatic carbocycles. The Morgan fingerprint density at radius 3 is 2.79 bits per heavy atom. The highest BCUT2D eigenvalue weighted by Gasteiger charge is 2.18. The van der Waals surface area contributed by atoms with Crippen molar-refractivity contribution in [3.8, 4) is 28.6 Å². The fourth-order valence-electron chi connectivity index (χ4n) is 3.35. The zero-order valence-electron chi connectivity index (χ0n) is 15.2. The summed E-state index contributed by atoms with van der Waals surface area (Å²) in [6, 6.07) is 7.99. The van der Waals surface area contributed by atoms with Gasteiger partial charge >= 0.3 is 0 Å². The minimum Gasteiger partial charge on any atom is -0.495 e. The first-order valence-corrected chi connectivity index (χ1v) is 8.68. The molecular formula is C18H19ClN8O. The van der Waals surface area contributed by atoms with Gasteiger partial charge in [0, 0.05) is 25.5 Å². The number of hydrogen-bond acceptors (Lipinski definition) is 6. The molecule has 3 aromatic heterocycles. The number of nitrogens with zero attached hydrogens (tertiary/aromatic N) is 7. The van der Waals surface area contributed by atoms with Gasteiger partial charge in [-0.05, 0) is 24.3 Å². The zero-order valence-corrected chi connectivity index (χ0v) is 16.0. The van der Waals surface area contributed by atoms with Gasteiger partial charge in [-0.25, -0.2) is 4.98 Å². The summed E-state index contributed by atoms with van der Waals surface area (Å²) < 4.78 is 11.5. The average molecular weight is 399 g/mol. The molecule has 10 heteroatoms. The quantitative estimate of drug-likeness (QED) is 0.564. The van der Waals surface area contributed by atoms with Crippen LogP contribution in [-0.4, -0.2) is 47.8 Å². The van der Waals surface area contributed by atoms with E-state index in [1.54, 1.807) is 26.0 Å². The van der Waals surface area contributed by atoms with Crippen molar-refractivity contribution in [1.82, 2.24) is 39.4 Å². The summed E-state index contributed by atoms with van der Waals surface area (Å²) in [5.74, 6) is 1.52. The van der Waals surface area contributed by atoms with Crippen LogP contribution in [0, 0.1) is 0 Å². The van der Waals surface area contributed by atoms with Crippen molar-refractivity contribution in [2.24, 2.45) is 0 Å². The lowest BCUT2D eigenvalue weighted by atomic mass is 10.2. The number of ether oxygens (including phenoxy) is 1. The number of fused-ring (bicyclic) bond motifs is 1. The molecule has 0 aliphatic carbocycles. The minimum atomic E-state index is 0. The van der Waals surface area contributed by atoms with Crippen molar-refractivity contribution in [3.63, 3.8) is 0 Å². The number of nitrogens with one attached hydrogen (secondary N) is 1. The molecule has 144 valence electrons. The largest absolute Gasteiger partial charge is 0.495 e.